The Morgan fingerprint density at radius 3 is 1.47 bits per heavy atom. The van der Waals surface area contributed by atoms with E-state index in [1.807, 2.05) is 0 Å². The number of rotatable bonds is 5. The molecule has 0 spiro atoms. The first-order valence-corrected chi connectivity index (χ1v) is 4.05. The van der Waals surface area contributed by atoms with Crippen LogP contribution in [0, 0.1) is 0 Å². The highest BCUT2D eigenvalue weighted by Gasteiger charge is 2.08. The molecular weight excluding hydrogens is 208 g/mol. The molecule has 0 radical (unpaired) electrons. The first-order valence-electron chi connectivity index (χ1n) is 4.05. The molecule has 8 N–H and O–H groups in total. The number of hydrogen-bond acceptors (Lipinski definition) is 6. The number of aliphatic hydroxyl groups is 2. The summed E-state index contributed by atoms with van der Waals surface area (Å²) in [5, 5.41) is 32.1. The van der Waals surface area contributed by atoms with E-state index in [1.54, 1.807) is 0 Å². The summed E-state index contributed by atoms with van der Waals surface area (Å²) in [6, 6.07) is -2.04. The molecule has 2 atom stereocenters. The predicted molar refractivity (Wildman–Crippen MR) is 50.0 cm³/mol. The zero-order chi connectivity index (χ0) is 12.4. The van der Waals surface area contributed by atoms with Crippen LogP contribution < -0.4 is 11.5 Å². The minimum atomic E-state index is -1.18. The standard InChI is InChI=1S/C4H9NO3.C3H7NO3/c5-3(1-2-6)4(7)8;4-2(1-5)3(6)7/h3,6H,1-2,5H2,(H,7,8);2,5H,1,4H2,(H,6,7)/t3-;2-/m00/s1. The Morgan fingerprint density at radius 1 is 1.00 bits per heavy atom. The minimum absolute atomic E-state index is 0.120. The maximum absolute atomic E-state index is 9.85. The summed E-state index contributed by atoms with van der Waals surface area (Å²) < 4.78 is 0. The van der Waals surface area contributed by atoms with E-state index in [4.69, 9.17) is 31.9 Å². The number of hydrogen-bond donors (Lipinski definition) is 6. The van der Waals surface area contributed by atoms with E-state index in [0.29, 0.717) is 0 Å². The summed E-state index contributed by atoms with van der Waals surface area (Å²) in [5.41, 5.74) is 9.73. The average Bonchev–Trinajstić information content (AvgIpc) is 2.17. The molecule has 8 heteroatoms. The molecule has 0 amide bonds. The van der Waals surface area contributed by atoms with Gasteiger partial charge in [0, 0.05) is 6.61 Å². The summed E-state index contributed by atoms with van der Waals surface area (Å²) in [6.07, 6.45) is 0.120. The number of carboxylic acids is 2. The molecule has 0 aromatic rings. The van der Waals surface area contributed by atoms with Crippen LogP contribution >= 0.6 is 0 Å². The molecule has 0 aromatic heterocycles. The Bertz CT molecular complexity index is 198. The van der Waals surface area contributed by atoms with E-state index in [0.717, 1.165) is 0 Å². The normalized spacial score (nSPS) is 13.3. The van der Waals surface area contributed by atoms with Crippen LogP contribution in [0.25, 0.3) is 0 Å². The molecule has 0 aliphatic carbocycles. The number of aliphatic carboxylic acids is 2. The molecule has 0 saturated heterocycles. The molecule has 0 heterocycles. The van der Waals surface area contributed by atoms with E-state index in [9.17, 15) is 9.59 Å². The highest BCUT2D eigenvalue weighted by molar-refractivity contribution is 5.73. The summed E-state index contributed by atoms with van der Waals surface area (Å²) >= 11 is 0. The van der Waals surface area contributed by atoms with Crippen molar-refractivity contribution in [3.8, 4) is 0 Å². The zero-order valence-corrected chi connectivity index (χ0v) is 8.04. The Labute approximate surface area is 86.1 Å². The third kappa shape index (κ3) is 10.7. The van der Waals surface area contributed by atoms with Crippen molar-refractivity contribution in [3.63, 3.8) is 0 Å². The molecule has 0 saturated carbocycles. The van der Waals surface area contributed by atoms with Gasteiger partial charge in [-0.25, -0.2) is 0 Å². The van der Waals surface area contributed by atoms with Crippen molar-refractivity contribution >= 4 is 11.9 Å². The van der Waals surface area contributed by atoms with Gasteiger partial charge in [0.1, 0.15) is 12.1 Å². The second kappa shape index (κ2) is 9.34. The Hall–Kier alpha value is -1.22. The summed E-state index contributed by atoms with van der Waals surface area (Å²) in [4.78, 5) is 19.5. The van der Waals surface area contributed by atoms with Gasteiger partial charge < -0.3 is 31.9 Å². The largest absolute Gasteiger partial charge is 0.480 e. The van der Waals surface area contributed by atoms with E-state index >= 15 is 0 Å². The van der Waals surface area contributed by atoms with Gasteiger partial charge in [-0.05, 0) is 6.42 Å². The van der Waals surface area contributed by atoms with Gasteiger partial charge >= 0.3 is 11.9 Å². The lowest BCUT2D eigenvalue weighted by Gasteiger charge is -2.00. The van der Waals surface area contributed by atoms with E-state index < -0.39 is 30.6 Å². The molecule has 0 fully saturated rings. The van der Waals surface area contributed by atoms with Crippen LogP contribution in [0.15, 0.2) is 0 Å². The van der Waals surface area contributed by atoms with Crippen LogP contribution in [0.5, 0.6) is 0 Å². The van der Waals surface area contributed by atoms with Crippen LogP contribution in [-0.4, -0.2) is 57.7 Å². The van der Waals surface area contributed by atoms with Gasteiger partial charge in [-0.15, -0.1) is 0 Å². The number of carboxylic acid groups (broad SMARTS) is 2. The van der Waals surface area contributed by atoms with E-state index in [-0.39, 0.29) is 13.0 Å². The third-order valence-electron chi connectivity index (χ3n) is 1.27. The number of nitrogens with two attached hydrogens (primary N) is 2. The Kier molecular flexibility index (Phi) is 10.1. The molecule has 0 unspecified atom stereocenters. The van der Waals surface area contributed by atoms with Crippen molar-refractivity contribution in [1.82, 2.24) is 0 Å². The molecular formula is C7H16N2O6. The Balaban J connectivity index is 0. The van der Waals surface area contributed by atoms with Crippen LogP contribution in [0.4, 0.5) is 0 Å². The summed E-state index contributed by atoms with van der Waals surface area (Å²) in [7, 11) is 0. The van der Waals surface area contributed by atoms with Gasteiger partial charge in [0.2, 0.25) is 0 Å². The second-order valence-electron chi connectivity index (χ2n) is 2.58. The smallest absolute Gasteiger partial charge is 0.322 e. The third-order valence-corrected chi connectivity index (χ3v) is 1.27. The number of aliphatic hydroxyl groups excluding tert-OH is 2. The fraction of sp³-hybridized carbons (Fsp3) is 0.714. The second-order valence-corrected chi connectivity index (χ2v) is 2.58. The summed E-state index contributed by atoms with van der Waals surface area (Å²) in [6.45, 7) is -0.678. The molecule has 0 aromatic carbocycles. The summed E-state index contributed by atoms with van der Waals surface area (Å²) in [5.74, 6) is -2.25. The topological polar surface area (TPSA) is 167 Å². The van der Waals surface area contributed by atoms with Gasteiger partial charge in [-0.2, -0.15) is 0 Å². The van der Waals surface area contributed by atoms with Crippen LogP contribution in [0.1, 0.15) is 6.42 Å². The lowest BCUT2D eigenvalue weighted by atomic mass is 10.2. The molecule has 0 rings (SSSR count). The van der Waals surface area contributed by atoms with Gasteiger partial charge in [0.15, 0.2) is 0 Å². The Morgan fingerprint density at radius 2 is 1.40 bits per heavy atom. The first-order chi connectivity index (χ1) is 6.86. The van der Waals surface area contributed by atoms with Crippen LogP contribution in [0.3, 0.4) is 0 Å². The average molecular weight is 224 g/mol. The number of carbonyl (C=O) groups is 2. The molecule has 0 aliphatic heterocycles. The van der Waals surface area contributed by atoms with Gasteiger partial charge in [-0.3, -0.25) is 9.59 Å². The predicted octanol–water partition coefficient (Wildman–Crippen LogP) is -2.83. The zero-order valence-electron chi connectivity index (χ0n) is 8.04. The van der Waals surface area contributed by atoms with Crippen molar-refractivity contribution in [2.45, 2.75) is 18.5 Å². The monoisotopic (exact) mass is 224 g/mol. The lowest BCUT2D eigenvalue weighted by Crippen LogP contribution is -2.33. The molecule has 8 nitrogen and oxygen atoms in total. The van der Waals surface area contributed by atoms with Gasteiger partial charge in [-0.1, -0.05) is 0 Å². The first kappa shape index (κ1) is 16.2. The van der Waals surface area contributed by atoms with Crippen molar-refractivity contribution in [2.75, 3.05) is 13.2 Å². The highest BCUT2D eigenvalue weighted by atomic mass is 16.4. The SMILES string of the molecule is N[C@@H](CCO)C(=O)O.N[C@@H](CO)C(=O)O. The van der Waals surface area contributed by atoms with Crippen molar-refractivity contribution in [1.29, 1.82) is 0 Å². The molecule has 15 heavy (non-hydrogen) atoms. The fourth-order valence-electron chi connectivity index (χ4n) is 0.341. The molecule has 90 valence electrons. The minimum Gasteiger partial charge on any atom is -0.480 e. The lowest BCUT2D eigenvalue weighted by molar-refractivity contribution is -0.140. The van der Waals surface area contributed by atoms with E-state index in [1.165, 1.54) is 0 Å². The van der Waals surface area contributed by atoms with E-state index in [2.05, 4.69) is 0 Å². The fourth-order valence-corrected chi connectivity index (χ4v) is 0.341. The molecule has 0 bridgehead atoms. The maximum atomic E-state index is 9.85. The van der Waals surface area contributed by atoms with Crippen molar-refractivity contribution < 1.29 is 30.0 Å². The maximum Gasteiger partial charge on any atom is 0.322 e. The van der Waals surface area contributed by atoms with Crippen LogP contribution in [0.2, 0.25) is 0 Å². The molecule has 0 aliphatic rings. The van der Waals surface area contributed by atoms with Crippen molar-refractivity contribution in [2.24, 2.45) is 11.5 Å². The quantitative estimate of drug-likeness (QED) is 0.290. The van der Waals surface area contributed by atoms with Crippen molar-refractivity contribution in [3.05, 3.63) is 0 Å². The van der Waals surface area contributed by atoms with Gasteiger partial charge in [0.25, 0.3) is 0 Å². The van der Waals surface area contributed by atoms with Crippen LogP contribution in [-0.2, 0) is 9.59 Å². The highest BCUT2D eigenvalue weighted by Crippen LogP contribution is 1.83. The van der Waals surface area contributed by atoms with Gasteiger partial charge in [0.05, 0.1) is 6.61 Å².